The van der Waals surface area contributed by atoms with E-state index in [0.29, 0.717) is 11.1 Å². The molecule has 2 saturated heterocycles. The van der Waals surface area contributed by atoms with Crippen LogP contribution in [0.1, 0.15) is 45.1 Å². The van der Waals surface area contributed by atoms with E-state index >= 15 is 0 Å². The number of likely N-dealkylation sites (tertiary alicyclic amines) is 2. The maximum absolute atomic E-state index is 13.8. The van der Waals surface area contributed by atoms with E-state index in [1.807, 2.05) is 6.08 Å². The number of amides is 4. The molecule has 2 heterocycles. The molecular formula is C26H26BrCl3N2O6. The molecule has 1 saturated carbocycles. The van der Waals surface area contributed by atoms with Crippen LogP contribution in [0.3, 0.4) is 0 Å². The minimum absolute atomic E-state index is 0.0450. The molecule has 204 valence electrons. The maximum Gasteiger partial charge on any atom is 0.254 e. The molecule has 0 bridgehead atoms. The second-order valence-corrected chi connectivity index (χ2v) is 13.4. The second kappa shape index (κ2) is 8.85. The van der Waals surface area contributed by atoms with Crippen molar-refractivity contribution in [3.05, 3.63) is 34.4 Å². The van der Waals surface area contributed by atoms with Crippen molar-refractivity contribution in [1.82, 2.24) is 9.80 Å². The number of ether oxygens (including phenoxy) is 1. The maximum atomic E-state index is 13.8. The van der Waals surface area contributed by atoms with Crippen LogP contribution >= 0.6 is 50.7 Å². The summed E-state index contributed by atoms with van der Waals surface area (Å²) in [6, 6.07) is 2.96. The van der Waals surface area contributed by atoms with Crippen molar-refractivity contribution in [3.8, 4) is 11.5 Å². The molecule has 12 heteroatoms. The highest BCUT2D eigenvalue weighted by Gasteiger charge is 2.76. The molecule has 0 spiro atoms. The number of halogens is 4. The zero-order chi connectivity index (χ0) is 28.1. The van der Waals surface area contributed by atoms with E-state index in [-0.39, 0.29) is 46.6 Å². The number of allylic oxidation sites excluding steroid dienone is 2. The van der Waals surface area contributed by atoms with E-state index in [9.17, 15) is 24.3 Å². The lowest BCUT2D eigenvalue weighted by atomic mass is 9.56. The lowest BCUT2D eigenvalue weighted by Gasteiger charge is -2.50. The Morgan fingerprint density at radius 3 is 2.34 bits per heavy atom. The van der Waals surface area contributed by atoms with Crippen LogP contribution in [0.4, 0.5) is 0 Å². The van der Waals surface area contributed by atoms with Gasteiger partial charge in [0.1, 0.15) is 0 Å². The Labute approximate surface area is 243 Å². The van der Waals surface area contributed by atoms with Crippen molar-refractivity contribution in [2.24, 2.45) is 17.8 Å². The minimum Gasteiger partial charge on any atom is -0.503 e. The molecule has 1 aromatic carbocycles. The Kier molecular flexibility index (Phi) is 6.46. The van der Waals surface area contributed by atoms with Gasteiger partial charge >= 0.3 is 0 Å². The fraction of sp³-hybridized carbons (Fsp3) is 0.538. The molecule has 0 aromatic heterocycles. The zero-order valence-electron chi connectivity index (χ0n) is 21.1. The van der Waals surface area contributed by atoms with Crippen LogP contribution in [0.2, 0.25) is 5.02 Å². The SMILES string of the molecule is COc1cc([C@H]2C3=CC[C@@H]4C(=O)N(C(C)(C)C)C(=O)[C@@H]4[C@@H]3C[C@@]3(Cl)C(=O)N(CBr)C(=O)[C@@]23Cl)cc(Cl)c1O. The number of phenols is 1. The molecular weight excluding hydrogens is 623 g/mol. The highest BCUT2D eigenvalue weighted by Crippen LogP contribution is 2.66. The standard InChI is InChI=1S/C26H26BrCl3N2O6/c1-24(2,3)32-20(34)13-6-5-12-14(17(13)21(32)35)9-25(29)22(36)31(10-27)23(37)26(25,30)18(12)11-7-15(28)19(33)16(8-11)38-4/h5,7-8,13-14,17-18,33H,6,9-10H2,1-4H3/t13-,14+,17-,18-,25+,26-/m0/s1. The quantitative estimate of drug-likeness (QED) is 0.223. The number of phenolic OH excluding ortho intramolecular Hbond substituents is 1. The van der Waals surface area contributed by atoms with Crippen LogP contribution in [0, 0.1) is 17.8 Å². The fourth-order valence-corrected chi connectivity index (χ4v) is 8.35. The predicted octanol–water partition coefficient (Wildman–Crippen LogP) is 4.56. The summed E-state index contributed by atoms with van der Waals surface area (Å²) in [5, 5.41) is 10.3. The van der Waals surface area contributed by atoms with Gasteiger partial charge in [0.25, 0.3) is 11.8 Å². The molecule has 5 rings (SSSR count). The first-order valence-electron chi connectivity index (χ1n) is 12.1. The summed E-state index contributed by atoms with van der Waals surface area (Å²) in [6.45, 7) is 5.38. The van der Waals surface area contributed by atoms with E-state index in [2.05, 4.69) is 15.9 Å². The second-order valence-electron chi connectivity index (χ2n) is 11.2. The van der Waals surface area contributed by atoms with E-state index in [4.69, 9.17) is 39.5 Å². The van der Waals surface area contributed by atoms with Crippen LogP contribution in [-0.4, -0.2) is 66.4 Å². The molecule has 4 amide bonds. The van der Waals surface area contributed by atoms with Gasteiger partial charge in [-0.15, -0.1) is 23.2 Å². The van der Waals surface area contributed by atoms with Crippen LogP contribution in [0.5, 0.6) is 11.5 Å². The molecule has 1 aromatic rings. The summed E-state index contributed by atoms with van der Waals surface area (Å²) in [7, 11) is 1.35. The van der Waals surface area contributed by atoms with Gasteiger partial charge in [-0.2, -0.15) is 0 Å². The van der Waals surface area contributed by atoms with Gasteiger partial charge in [0.05, 0.1) is 29.4 Å². The van der Waals surface area contributed by atoms with Gasteiger partial charge in [-0.1, -0.05) is 39.2 Å². The first-order valence-corrected chi connectivity index (χ1v) is 14.3. The number of imide groups is 2. The Balaban J connectivity index is 1.75. The van der Waals surface area contributed by atoms with E-state index < -0.39 is 50.8 Å². The molecule has 38 heavy (non-hydrogen) atoms. The van der Waals surface area contributed by atoms with Crippen molar-refractivity contribution in [1.29, 1.82) is 0 Å². The number of fused-ring (bicyclic) bond motifs is 4. The van der Waals surface area contributed by atoms with Crippen LogP contribution in [0.15, 0.2) is 23.8 Å². The third kappa shape index (κ3) is 3.40. The van der Waals surface area contributed by atoms with Crippen LogP contribution in [-0.2, 0) is 19.2 Å². The van der Waals surface area contributed by atoms with Gasteiger partial charge in [-0.3, -0.25) is 29.0 Å². The monoisotopic (exact) mass is 646 g/mol. The first kappa shape index (κ1) is 27.7. The summed E-state index contributed by atoms with van der Waals surface area (Å²) >= 11 is 23.9. The van der Waals surface area contributed by atoms with Gasteiger partial charge < -0.3 is 9.84 Å². The average molecular weight is 649 g/mol. The molecule has 2 aliphatic heterocycles. The third-order valence-corrected chi connectivity index (χ3v) is 10.5. The number of alkyl halides is 3. The van der Waals surface area contributed by atoms with Crippen molar-refractivity contribution in [2.75, 3.05) is 12.6 Å². The first-order chi connectivity index (χ1) is 17.6. The third-order valence-electron chi connectivity index (χ3n) is 8.29. The summed E-state index contributed by atoms with van der Waals surface area (Å²) in [5.74, 6) is -5.23. The molecule has 2 aliphatic carbocycles. The van der Waals surface area contributed by atoms with Crippen LogP contribution in [0.25, 0.3) is 0 Å². The molecule has 1 N–H and O–H groups in total. The highest BCUT2D eigenvalue weighted by molar-refractivity contribution is 9.09. The number of aromatic hydroxyl groups is 1. The van der Waals surface area contributed by atoms with Crippen LogP contribution < -0.4 is 4.74 Å². The number of carbonyl (C=O) groups excluding carboxylic acids is 4. The topological polar surface area (TPSA) is 104 Å². The average Bonchev–Trinajstić information content (AvgIpc) is 3.19. The number of benzene rings is 1. The number of methoxy groups -OCH3 is 1. The van der Waals surface area contributed by atoms with Crippen molar-refractivity contribution >= 4 is 74.4 Å². The summed E-state index contributed by atoms with van der Waals surface area (Å²) in [5.41, 5.74) is 0.167. The number of nitrogens with zero attached hydrogens (tertiary/aromatic N) is 2. The smallest absolute Gasteiger partial charge is 0.254 e. The van der Waals surface area contributed by atoms with Gasteiger partial charge in [-0.25, -0.2) is 0 Å². The van der Waals surface area contributed by atoms with E-state index in [1.165, 1.54) is 24.1 Å². The fourth-order valence-electron chi connectivity index (χ4n) is 6.70. The lowest BCUT2D eigenvalue weighted by molar-refractivity contribution is -0.146. The normalized spacial score (nSPS) is 34.8. The van der Waals surface area contributed by atoms with Gasteiger partial charge in [-0.05, 0) is 57.2 Å². The Morgan fingerprint density at radius 2 is 1.76 bits per heavy atom. The summed E-state index contributed by atoms with van der Waals surface area (Å²) in [4.78, 5) is 53.0. The van der Waals surface area contributed by atoms with Gasteiger partial charge in [0, 0.05) is 11.5 Å². The molecule has 0 radical (unpaired) electrons. The molecule has 4 aliphatic rings. The zero-order valence-corrected chi connectivity index (χ0v) is 24.9. The summed E-state index contributed by atoms with van der Waals surface area (Å²) in [6.07, 6.45) is 2.01. The largest absolute Gasteiger partial charge is 0.503 e. The predicted molar refractivity (Wildman–Crippen MR) is 145 cm³/mol. The van der Waals surface area contributed by atoms with Crippen molar-refractivity contribution < 1.29 is 29.0 Å². The Morgan fingerprint density at radius 1 is 1.11 bits per heavy atom. The Bertz CT molecular complexity index is 1330. The minimum atomic E-state index is -1.96. The van der Waals surface area contributed by atoms with E-state index in [0.717, 1.165) is 4.90 Å². The molecule has 6 atom stereocenters. The lowest BCUT2D eigenvalue weighted by Crippen LogP contribution is -2.60. The van der Waals surface area contributed by atoms with Gasteiger partial charge in [0.15, 0.2) is 21.2 Å². The number of rotatable bonds is 3. The van der Waals surface area contributed by atoms with E-state index in [1.54, 1.807) is 20.8 Å². The highest BCUT2D eigenvalue weighted by atomic mass is 79.9. The molecule has 0 unspecified atom stereocenters. The molecule has 3 fully saturated rings. The number of carbonyl (C=O) groups is 4. The van der Waals surface area contributed by atoms with Crippen molar-refractivity contribution in [2.45, 2.75) is 54.8 Å². The number of hydrogen-bond acceptors (Lipinski definition) is 6. The molecule has 8 nitrogen and oxygen atoms in total. The summed E-state index contributed by atoms with van der Waals surface area (Å²) < 4.78 is 5.30. The van der Waals surface area contributed by atoms with Gasteiger partial charge in [0.2, 0.25) is 11.8 Å². The number of hydrogen-bond donors (Lipinski definition) is 1. The Hall–Kier alpha value is -1.81. The van der Waals surface area contributed by atoms with Crippen molar-refractivity contribution in [3.63, 3.8) is 0 Å².